The second kappa shape index (κ2) is 7.38. The Kier molecular flexibility index (Phi) is 5.14. The third-order valence-electron chi connectivity index (χ3n) is 4.56. The average Bonchev–Trinajstić information content (AvgIpc) is 2.98. The first-order chi connectivity index (χ1) is 13.2. The van der Waals surface area contributed by atoms with Crippen molar-refractivity contribution in [2.24, 2.45) is 0 Å². The van der Waals surface area contributed by atoms with Crippen molar-refractivity contribution in [3.63, 3.8) is 0 Å². The van der Waals surface area contributed by atoms with Gasteiger partial charge in [0.15, 0.2) is 0 Å². The molecule has 0 bridgehead atoms. The fourth-order valence-corrected chi connectivity index (χ4v) is 3.24. The van der Waals surface area contributed by atoms with Crippen LogP contribution in [-0.4, -0.2) is 28.0 Å². The maximum Gasteiger partial charge on any atom is 0.337 e. The van der Waals surface area contributed by atoms with Gasteiger partial charge in [-0.1, -0.05) is 45.0 Å². The fraction of sp³-hybridized carbons (Fsp3) is 0.273. The van der Waals surface area contributed by atoms with E-state index in [0.717, 1.165) is 16.9 Å². The highest BCUT2D eigenvalue weighted by Crippen LogP contribution is 2.35. The van der Waals surface area contributed by atoms with Crippen LogP contribution in [0.3, 0.4) is 0 Å². The van der Waals surface area contributed by atoms with E-state index < -0.39 is 5.97 Å². The summed E-state index contributed by atoms with van der Waals surface area (Å²) in [5, 5.41) is 17.7. The predicted molar refractivity (Wildman–Crippen MR) is 110 cm³/mol. The molecule has 0 aliphatic carbocycles. The largest absolute Gasteiger partial charge is 0.494 e. The molecule has 0 spiro atoms. The number of hydrogen-bond acceptors (Lipinski definition) is 4. The van der Waals surface area contributed by atoms with Gasteiger partial charge in [-0.3, -0.25) is 0 Å². The number of para-hydroxylation sites is 3. The van der Waals surface area contributed by atoms with E-state index in [1.165, 1.54) is 0 Å². The number of anilines is 2. The van der Waals surface area contributed by atoms with Crippen LogP contribution in [0, 0.1) is 6.92 Å². The Bertz CT molecular complexity index is 1020. The molecule has 0 amide bonds. The first-order valence-electron chi connectivity index (χ1n) is 9.07. The van der Waals surface area contributed by atoms with Crippen LogP contribution in [0.1, 0.15) is 42.4 Å². The Balaban J connectivity index is 2.23. The molecule has 0 aliphatic rings. The highest BCUT2D eigenvalue weighted by atomic mass is 16.5. The Morgan fingerprint density at radius 2 is 1.75 bits per heavy atom. The number of aromatic nitrogens is 2. The Hall–Kier alpha value is -3.28. The van der Waals surface area contributed by atoms with E-state index in [2.05, 4.69) is 26.1 Å². The third-order valence-corrected chi connectivity index (χ3v) is 4.56. The number of methoxy groups -OCH3 is 1. The lowest BCUT2D eigenvalue weighted by Gasteiger charge is -2.16. The van der Waals surface area contributed by atoms with Gasteiger partial charge in [0.05, 0.1) is 24.1 Å². The van der Waals surface area contributed by atoms with Crippen molar-refractivity contribution < 1.29 is 14.6 Å². The maximum absolute atomic E-state index is 11.6. The zero-order valence-corrected chi connectivity index (χ0v) is 16.8. The number of hydrogen-bond donors (Lipinski definition) is 2. The molecule has 2 N–H and O–H groups in total. The zero-order valence-electron chi connectivity index (χ0n) is 16.8. The smallest absolute Gasteiger partial charge is 0.337 e. The van der Waals surface area contributed by atoms with Gasteiger partial charge >= 0.3 is 5.97 Å². The van der Waals surface area contributed by atoms with Crippen LogP contribution in [0.25, 0.3) is 5.69 Å². The molecule has 0 atom stereocenters. The molecule has 6 nitrogen and oxygen atoms in total. The van der Waals surface area contributed by atoms with Crippen molar-refractivity contribution in [3.05, 3.63) is 65.4 Å². The normalized spacial score (nSPS) is 11.3. The van der Waals surface area contributed by atoms with Crippen LogP contribution in [0.5, 0.6) is 5.75 Å². The van der Waals surface area contributed by atoms with E-state index >= 15 is 0 Å². The summed E-state index contributed by atoms with van der Waals surface area (Å²) in [5.41, 5.74) is 3.19. The second-order valence-electron chi connectivity index (χ2n) is 7.63. The van der Waals surface area contributed by atoms with Crippen molar-refractivity contribution in [3.8, 4) is 11.4 Å². The molecular formula is C22H25N3O3. The SMILES string of the molecule is COc1ccccc1-n1nc(C(C)(C)C)c(C)c1Nc1ccccc1C(=O)O. The lowest BCUT2D eigenvalue weighted by Crippen LogP contribution is -2.14. The number of carboxylic acids is 1. The summed E-state index contributed by atoms with van der Waals surface area (Å²) < 4.78 is 7.30. The van der Waals surface area contributed by atoms with Crippen LogP contribution in [0.4, 0.5) is 11.5 Å². The van der Waals surface area contributed by atoms with Crippen molar-refractivity contribution >= 4 is 17.5 Å². The Labute approximate surface area is 164 Å². The van der Waals surface area contributed by atoms with Crippen LogP contribution >= 0.6 is 0 Å². The van der Waals surface area contributed by atoms with E-state index in [1.807, 2.05) is 31.2 Å². The van der Waals surface area contributed by atoms with E-state index in [1.54, 1.807) is 36.1 Å². The summed E-state index contributed by atoms with van der Waals surface area (Å²) >= 11 is 0. The van der Waals surface area contributed by atoms with Gasteiger partial charge in [-0.05, 0) is 31.2 Å². The van der Waals surface area contributed by atoms with E-state index in [0.29, 0.717) is 17.3 Å². The number of nitrogens with zero attached hydrogens (tertiary/aromatic N) is 2. The molecule has 0 unspecified atom stereocenters. The van der Waals surface area contributed by atoms with Crippen LogP contribution in [0.15, 0.2) is 48.5 Å². The maximum atomic E-state index is 11.6. The van der Waals surface area contributed by atoms with Gasteiger partial charge in [0, 0.05) is 11.0 Å². The molecule has 0 saturated carbocycles. The monoisotopic (exact) mass is 379 g/mol. The summed E-state index contributed by atoms with van der Waals surface area (Å²) in [5.74, 6) is 0.406. The number of carbonyl (C=O) groups is 1. The van der Waals surface area contributed by atoms with E-state index in [4.69, 9.17) is 9.84 Å². The van der Waals surface area contributed by atoms with Crippen molar-refractivity contribution in [1.82, 2.24) is 9.78 Å². The number of nitrogens with one attached hydrogen (secondary N) is 1. The van der Waals surface area contributed by atoms with Crippen molar-refractivity contribution in [1.29, 1.82) is 0 Å². The van der Waals surface area contributed by atoms with E-state index in [-0.39, 0.29) is 11.0 Å². The van der Waals surface area contributed by atoms with Gasteiger partial charge in [-0.2, -0.15) is 5.10 Å². The summed E-state index contributed by atoms with van der Waals surface area (Å²) in [6.07, 6.45) is 0. The molecule has 3 aromatic rings. The molecule has 0 fully saturated rings. The van der Waals surface area contributed by atoms with Gasteiger partial charge < -0.3 is 15.2 Å². The van der Waals surface area contributed by atoms with Crippen LogP contribution in [-0.2, 0) is 5.41 Å². The standard InChI is InChI=1S/C22H25N3O3/c1-14-19(22(2,3)4)24-25(17-12-8-9-13-18(17)28-5)20(14)23-16-11-7-6-10-15(16)21(26)27/h6-13,23H,1-5H3,(H,26,27). The first kappa shape index (κ1) is 19.5. The average molecular weight is 379 g/mol. The predicted octanol–water partition coefficient (Wildman–Crippen LogP) is 4.93. The molecule has 1 aromatic heterocycles. The Morgan fingerprint density at radius 3 is 2.39 bits per heavy atom. The van der Waals surface area contributed by atoms with Crippen LogP contribution in [0.2, 0.25) is 0 Å². The molecule has 0 aliphatic heterocycles. The van der Waals surface area contributed by atoms with Gasteiger partial charge in [-0.25, -0.2) is 9.48 Å². The molecule has 0 saturated heterocycles. The second-order valence-corrected chi connectivity index (χ2v) is 7.63. The minimum Gasteiger partial charge on any atom is -0.494 e. The summed E-state index contributed by atoms with van der Waals surface area (Å²) in [4.78, 5) is 11.6. The highest BCUT2D eigenvalue weighted by Gasteiger charge is 2.26. The third kappa shape index (κ3) is 3.58. The van der Waals surface area contributed by atoms with Gasteiger partial charge in [-0.15, -0.1) is 0 Å². The number of ether oxygens (including phenoxy) is 1. The molecule has 6 heteroatoms. The number of carboxylic acid groups (broad SMARTS) is 1. The summed E-state index contributed by atoms with van der Waals surface area (Å²) in [6.45, 7) is 8.29. The lowest BCUT2D eigenvalue weighted by molar-refractivity contribution is 0.0698. The molecule has 2 aromatic carbocycles. The van der Waals surface area contributed by atoms with E-state index in [9.17, 15) is 9.90 Å². The fourth-order valence-electron chi connectivity index (χ4n) is 3.24. The van der Waals surface area contributed by atoms with Crippen LogP contribution < -0.4 is 10.1 Å². The molecular weight excluding hydrogens is 354 g/mol. The molecule has 146 valence electrons. The van der Waals surface area contributed by atoms with Gasteiger partial charge in [0.2, 0.25) is 0 Å². The number of aromatic carboxylic acids is 1. The summed E-state index contributed by atoms with van der Waals surface area (Å²) in [7, 11) is 1.62. The molecule has 0 radical (unpaired) electrons. The first-order valence-corrected chi connectivity index (χ1v) is 9.07. The number of rotatable bonds is 5. The van der Waals surface area contributed by atoms with Crippen molar-refractivity contribution in [2.75, 3.05) is 12.4 Å². The lowest BCUT2D eigenvalue weighted by atomic mass is 9.90. The zero-order chi connectivity index (χ0) is 20.5. The van der Waals surface area contributed by atoms with Gasteiger partial charge in [0.1, 0.15) is 17.3 Å². The molecule has 3 rings (SSSR count). The number of benzene rings is 2. The minimum atomic E-state index is -0.986. The Morgan fingerprint density at radius 1 is 1.11 bits per heavy atom. The minimum absolute atomic E-state index is 0.180. The highest BCUT2D eigenvalue weighted by molar-refractivity contribution is 5.95. The molecule has 28 heavy (non-hydrogen) atoms. The quantitative estimate of drug-likeness (QED) is 0.657. The topological polar surface area (TPSA) is 76.4 Å². The van der Waals surface area contributed by atoms with Crippen molar-refractivity contribution in [2.45, 2.75) is 33.1 Å². The van der Waals surface area contributed by atoms with Gasteiger partial charge in [0.25, 0.3) is 0 Å². The summed E-state index contributed by atoms with van der Waals surface area (Å²) in [6, 6.07) is 14.5. The molecule has 1 heterocycles.